The van der Waals surface area contributed by atoms with Crippen LogP contribution in [-0.4, -0.2) is 34.1 Å². The highest BCUT2D eigenvalue weighted by Crippen LogP contribution is 2.22. The first kappa shape index (κ1) is 24.4. The third-order valence-corrected chi connectivity index (χ3v) is 6.24. The van der Waals surface area contributed by atoms with Crippen LogP contribution in [0.2, 0.25) is 0 Å². The van der Waals surface area contributed by atoms with E-state index in [2.05, 4.69) is 10.0 Å². The van der Waals surface area contributed by atoms with E-state index in [0.717, 1.165) is 5.56 Å². The van der Waals surface area contributed by atoms with Gasteiger partial charge < -0.3 is 14.8 Å². The standard InChI is InChI=1S/C24H25FN2O5S/c1-17(15-31-2)27-33(29,30)21-13-11-20(12-14-21)26-24(28)22-5-3-4-6-23(22)32-16-18-7-9-19(25)10-8-18/h3-14,17,27H,15-16H2,1-2H3,(H,26,28). The minimum absolute atomic E-state index is 0.0754. The molecule has 2 N–H and O–H groups in total. The van der Waals surface area contributed by atoms with Crippen molar-refractivity contribution in [1.29, 1.82) is 0 Å². The number of carbonyl (C=O) groups is 1. The van der Waals surface area contributed by atoms with E-state index in [0.29, 0.717) is 17.0 Å². The van der Waals surface area contributed by atoms with Crippen LogP contribution in [0.25, 0.3) is 0 Å². The van der Waals surface area contributed by atoms with Crippen LogP contribution in [0.15, 0.2) is 77.7 Å². The van der Waals surface area contributed by atoms with Crippen LogP contribution in [0, 0.1) is 5.82 Å². The predicted molar refractivity (Wildman–Crippen MR) is 123 cm³/mol. The van der Waals surface area contributed by atoms with Crippen LogP contribution in [0.5, 0.6) is 5.75 Å². The maximum Gasteiger partial charge on any atom is 0.259 e. The second kappa shape index (κ2) is 11.0. The molecule has 3 rings (SSSR count). The molecule has 1 amide bonds. The second-order valence-electron chi connectivity index (χ2n) is 7.37. The van der Waals surface area contributed by atoms with Gasteiger partial charge in [-0.3, -0.25) is 4.79 Å². The monoisotopic (exact) mass is 472 g/mol. The Morgan fingerprint density at radius 2 is 1.67 bits per heavy atom. The highest BCUT2D eigenvalue weighted by atomic mass is 32.2. The summed E-state index contributed by atoms with van der Waals surface area (Å²) in [6.45, 7) is 2.12. The third kappa shape index (κ3) is 6.85. The largest absolute Gasteiger partial charge is 0.488 e. The Kier molecular flexibility index (Phi) is 8.16. The molecule has 0 saturated heterocycles. The topological polar surface area (TPSA) is 93.7 Å². The number of ether oxygens (including phenoxy) is 2. The molecular weight excluding hydrogens is 447 g/mol. The fraction of sp³-hybridized carbons (Fsp3) is 0.208. The van der Waals surface area contributed by atoms with Crippen LogP contribution >= 0.6 is 0 Å². The number of hydrogen-bond acceptors (Lipinski definition) is 5. The lowest BCUT2D eigenvalue weighted by Gasteiger charge is -2.14. The maximum atomic E-state index is 13.1. The molecule has 0 fully saturated rings. The molecule has 3 aromatic rings. The van der Waals surface area contributed by atoms with Gasteiger partial charge in [0.2, 0.25) is 10.0 Å². The van der Waals surface area contributed by atoms with Crippen LogP contribution in [0.3, 0.4) is 0 Å². The number of methoxy groups -OCH3 is 1. The van der Waals surface area contributed by atoms with Gasteiger partial charge in [-0.15, -0.1) is 0 Å². The quantitative estimate of drug-likeness (QED) is 0.466. The predicted octanol–water partition coefficient (Wildman–Crippen LogP) is 3.97. The van der Waals surface area contributed by atoms with Crippen molar-refractivity contribution in [3.8, 4) is 5.75 Å². The molecule has 1 unspecified atom stereocenters. The summed E-state index contributed by atoms with van der Waals surface area (Å²) in [5.41, 5.74) is 1.50. The van der Waals surface area contributed by atoms with E-state index >= 15 is 0 Å². The van der Waals surface area contributed by atoms with Crippen molar-refractivity contribution in [3.63, 3.8) is 0 Å². The number of amides is 1. The molecule has 0 aromatic heterocycles. The Bertz CT molecular complexity index is 1180. The highest BCUT2D eigenvalue weighted by Gasteiger charge is 2.18. The van der Waals surface area contributed by atoms with Gasteiger partial charge in [0, 0.05) is 18.8 Å². The Labute approximate surface area is 192 Å². The van der Waals surface area contributed by atoms with Crippen LogP contribution in [0.1, 0.15) is 22.8 Å². The van der Waals surface area contributed by atoms with E-state index in [1.807, 2.05) is 0 Å². The summed E-state index contributed by atoms with van der Waals surface area (Å²) >= 11 is 0. The van der Waals surface area contributed by atoms with E-state index in [9.17, 15) is 17.6 Å². The summed E-state index contributed by atoms with van der Waals surface area (Å²) in [6.07, 6.45) is 0. The van der Waals surface area contributed by atoms with E-state index < -0.39 is 15.9 Å². The van der Waals surface area contributed by atoms with Crippen molar-refractivity contribution in [1.82, 2.24) is 4.72 Å². The molecule has 0 aliphatic rings. The summed E-state index contributed by atoms with van der Waals surface area (Å²) in [5.74, 6) is -0.375. The molecule has 0 heterocycles. The second-order valence-corrected chi connectivity index (χ2v) is 9.08. The number of carbonyl (C=O) groups excluding carboxylic acids is 1. The molecular formula is C24H25FN2O5S. The Hall–Kier alpha value is -3.27. The Balaban J connectivity index is 1.67. The highest BCUT2D eigenvalue weighted by molar-refractivity contribution is 7.89. The Morgan fingerprint density at radius 3 is 2.33 bits per heavy atom. The zero-order valence-electron chi connectivity index (χ0n) is 18.2. The van der Waals surface area contributed by atoms with Crippen molar-refractivity contribution in [2.24, 2.45) is 0 Å². The minimum Gasteiger partial charge on any atom is -0.488 e. The number of anilines is 1. The normalized spacial score (nSPS) is 12.2. The van der Waals surface area contributed by atoms with Gasteiger partial charge in [-0.25, -0.2) is 17.5 Å². The van der Waals surface area contributed by atoms with Gasteiger partial charge in [-0.05, 0) is 61.0 Å². The van der Waals surface area contributed by atoms with Crippen molar-refractivity contribution in [3.05, 3.63) is 89.7 Å². The van der Waals surface area contributed by atoms with Gasteiger partial charge in [0.1, 0.15) is 18.2 Å². The number of benzene rings is 3. The molecule has 1 atom stereocenters. The molecule has 33 heavy (non-hydrogen) atoms. The maximum absolute atomic E-state index is 13.1. The smallest absolute Gasteiger partial charge is 0.259 e. The number of sulfonamides is 1. The van der Waals surface area contributed by atoms with E-state index in [-0.39, 0.29) is 30.0 Å². The molecule has 0 aliphatic carbocycles. The van der Waals surface area contributed by atoms with Crippen molar-refractivity contribution >= 4 is 21.6 Å². The summed E-state index contributed by atoms with van der Waals surface area (Å²) in [7, 11) is -2.21. The van der Waals surface area contributed by atoms with Crippen LogP contribution in [0.4, 0.5) is 10.1 Å². The number of para-hydroxylation sites is 1. The lowest BCUT2D eigenvalue weighted by Crippen LogP contribution is -2.35. The van der Waals surface area contributed by atoms with Crippen molar-refractivity contribution in [2.45, 2.75) is 24.5 Å². The molecule has 0 aliphatic heterocycles. The van der Waals surface area contributed by atoms with E-state index in [1.165, 1.54) is 43.5 Å². The molecule has 0 bridgehead atoms. The lowest BCUT2D eigenvalue weighted by molar-refractivity contribution is 0.102. The average Bonchev–Trinajstić information content (AvgIpc) is 2.79. The minimum atomic E-state index is -3.71. The third-order valence-electron chi connectivity index (χ3n) is 4.63. The Morgan fingerprint density at radius 1 is 1.00 bits per heavy atom. The first-order valence-corrected chi connectivity index (χ1v) is 11.7. The molecule has 0 spiro atoms. The number of halogens is 1. The van der Waals surface area contributed by atoms with Crippen molar-refractivity contribution in [2.75, 3.05) is 19.0 Å². The van der Waals surface area contributed by atoms with Crippen LogP contribution in [-0.2, 0) is 21.4 Å². The molecule has 7 nitrogen and oxygen atoms in total. The first-order chi connectivity index (χ1) is 15.8. The number of rotatable bonds is 10. The molecule has 9 heteroatoms. The molecule has 3 aromatic carbocycles. The number of hydrogen-bond donors (Lipinski definition) is 2. The van der Waals surface area contributed by atoms with Gasteiger partial charge >= 0.3 is 0 Å². The summed E-state index contributed by atoms with van der Waals surface area (Å²) in [5, 5.41) is 2.74. The van der Waals surface area contributed by atoms with Crippen molar-refractivity contribution < 1.29 is 27.1 Å². The SMILES string of the molecule is COCC(C)NS(=O)(=O)c1ccc(NC(=O)c2ccccc2OCc2ccc(F)cc2)cc1. The van der Waals surface area contributed by atoms with Crippen LogP contribution < -0.4 is 14.8 Å². The fourth-order valence-corrected chi connectivity index (χ4v) is 4.28. The summed E-state index contributed by atoms with van der Waals surface area (Å²) < 4.78 is 51.2. The van der Waals surface area contributed by atoms with E-state index in [4.69, 9.17) is 9.47 Å². The molecule has 0 radical (unpaired) electrons. The molecule has 0 saturated carbocycles. The van der Waals surface area contributed by atoms with Gasteiger partial charge in [-0.1, -0.05) is 24.3 Å². The molecule has 174 valence electrons. The van der Waals surface area contributed by atoms with Gasteiger partial charge in [0.15, 0.2) is 0 Å². The first-order valence-electron chi connectivity index (χ1n) is 10.2. The van der Waals surface area contributed by atoms with Gasteiger partial charge in [-0.2, -0.15) is 0 Å². The summed E-state index contributed by atoms with van der Waals surface area (Å²) in [4.78, 5) is 12.9. The summed E-state index contributed by atoms with van der Waals surface area (Å²) in [6, 6.07) is 18.1. The fourth-order valence-electron chi connectivity index (χ4n) is 3.05. The van der Waals surface area contributed by atoms with Gasteiger partial charge in [0.05, 0.1) is 17.1 Å². The average molecular weight is 473 g/mol. The lowest BCUT2D eigenvalue weighted by atomic mass is 10.1. The zero-order valence-corrected chi connectivity index (χ0v) is 19.1. The zero-order chi connectivity index (χ0) is 23.8. The van der Waals surface area contributed by atoms with E-state index in [1.54, 1.807) is 43.3 Å². The van der Waals surface area contributed by atoms with Gasteiger partial charge in [0.25, 0.3) is 5.91 Å². The number of nitrogens with one attached hydrogen (secondary N) is 2.